The fourth-order valence-electron chi connectivity index (χ4n) is 2.27. The van der Waals surface area contributed by atoms with E-state index in [2.05, 4.69) is 43.1 Å². The van der Waals surface area contributed by atoms with E-state index in [9.17, 15) is 0 Å². The van der Waals surface area contributed by atoms with E-state index in [0.29, 0.717) is 16.8 Å². The first kappa shape index (κ1) is 16.5. The Balaban J connectivity index is 1.76. The highest BCUT2D eigenvalue weighted by Crippen LogP contribution is 2.25. The molecule has 0 bridgehead atoms. The van der Waals surface area contributed by atoms with Gasteiger partial charge in [-0.25, -0.2) is 0 Å². The molecule has 24 heavy (non-hydrogen) atoms. The van der Waals surface area contributed by atoms with Gasteiger partial charge in [-0.1, -0.05) is 56.6 Å². The zero-order chi connectivity index (χ0) is 17.2. The van der Waals surface area contributed by atoms with E-state index in [0.717, 1.165) is 11.1 Å². The van der Waals surface area contributed by atoms with Gasteiger partial charge < -0.3 is 4.42 Å². The van der Waals surface area contributed by atoms with Crippen molar-refractivity contribution < 1.29 is 4.42 Å². The van der Waals surface area contributed by atoms with Gasteiger partial charge in [-0.3, -0.25) is 0 Å². The van der Waals surface area contributed by atoms with E-state index < -0.39 is 0 Å². The highest BCUT2D eigenvalue weighted by molar-refractivity contribution is 6.30. The Bertz CT molecular complexity index is 841. The van der Waals surface area contributed by atoms with Gasteiger partial charge in [-0.15, -0.1) is 10.2 Å². The summed E-state index contributed by atoms with van der Waals surface area (Å²) in [6, 6.07) is 15.8. The SMILES string of the molecule is CC(C)(C)c1ccc(-c2nnc(/C=C/c3ccc(Cl)cc3)o2)cc1. The van der Waals surface area contributed by atoms with Gasteiger partial charge in [0.1, 0.15) is 0 Å². The van der Waals surface area contributed by atoms with Gasteiger partial charge in [-0.05, 0) is 46.9 Å². The number of aromatic nitrogens is 2. The monoisotopic (exact) mass is 338 g/mol. The van der Waals surface area contributed by atoms with E-state index in [1.165, 1.54) is 5.56 Å². The Labute approximate surface area is 147 Å². The summed E-state index contributed by atoms with van der Waals surface area (Å²) < 4.78 is 5.71. The molecule has 2 aromatic carbocycles. The molecule has 0 radical (unpaired) electrons. The van der Waals surface area contributed by atoms with E-state index in [4.69, 9.17) is 16.0 Å². The number of hydrogen-bond acceptors (Lipinski definition) is 3. The van der Waals surface area contributed by atoms with Crippen LogP contribution in [0, 0.1) is 0 Å². The second-order valence-electron chi connectivity index (χ2n) is 6.66. The fraction of sp³-hybridized carbons (Fsp3) is 0.200. The topological polar surface area (TPSA) is 38.9 Å². The van der Waals surface area contributed by atoms with E-state index in [1.807, 2.05) is 42.5 Å². The van der Waals surface area contributed by atoms with Gasteiger partial charge in [0.25, 0.3) is 0 Å². The average Bonchev–Trinajstić information content (AvgIpc) is 3.03. The van der Waals surface area contributed by atoms with E-state index in [-0.39, 0.29) is 5.41 Å². The summed E-state index contributed by atoms with van der Waals surface area (Å²) in [7, 11) is 0. The Morgan fingerprint density at radius 3 is 2.17 bits per heavy atom. The smallest absolute Gasteiger partial charge is 0.248 e. The lowest BCUT2D eigenvalue weighted by molar-refractivity contribution is 0.557. The molecule has 3 rings (SSSR count). The summed E-state index contributed by atoms with van der Waals surface area (Å²) in [6.45, 7) is 6.57. The van der Waals surface area contributed by atoms with Gasteiger partial charge in [0.05, 0.1) is 0 Å². The van der Waals surface area contributed by atoms with Crippen molar-refractivity contribution in [3.63, 3.8) is 0 Å². The van der Waals surface area contributed by atoms with Crippen molar-refractivity contribution in [3.05, 3.63) is 70.6 Å². The Hall–Kier alpha value is -2.39. The Kier molecular flexibility index (Phi) is 4.54. The summed E-state index contributed by atoms with van der Waals surface area (Å²) in [5.74, 6) is 0.992. The molecule has 0 aliphatic carbocycles. The molecule has 0 saturated heterocycles. The van der Waals surface area contributed by atoms with Crippen LogP contribution in [0.3, 0.4) is 0 Å². The highest BCUT2D eigenvalue weighted by Gasteiger charge is 2.14. The molecular formula is C20H19ClN2O. The largest absolute Gasteiger partial charge is 0.417 e. The number of benzene rings is 2. The van der Waals surface area contributed by atoms with Crippen LogP contribution in [0.1, 0.15) is 37.8 Å². The van der Waals surface area contributed by atoms with Crippen molar-refractivity contribution >= 4 is 23.8 Å². The predicted octanol–water partition coefficient (Wildman–Crippen LogP) is 5.86. The molecule has 0 fully saturated rings. The maximum Gasteiger partial charge on any atom is 0.248 e. The lowest BCUT2D eigenvalue weighted by Gasteiger charge is -2.18. The third kappa shape index (κ3) is 3.92. The molecule has 3 aromatic rings. The Morgan fingerprint density at radius 1 is 0.875 bits per heavy atom. The number of hydrogen-bond donors (Lipinski definition) is 0. The summed E-state index contributed by atoms with van der Waals surface area (Å²) in [5.41, 5.74) is 3.34. The van der Waals surface area contributed by atoms with Gasteiger partial charge in [0.15, 0.2) is 0 Å². The molecule has 1 aromatic heterocycles. The van der Waals surface area contributed by atoms with Crippen molar-refractivity contribution in [2.24, 2.45) is 0 Å². The maximum atomic E-state index is 5.87. The van der Waals surface area contributed by atoms with Gasteiger partial charge >= 0.3 is 0 Å². The van der Waals surface area contributed by atoms with Crippen molar-refractivity contribution in [2.45, 2.75) is 26.2 Å². The van der Waals surface area contributed by atoms with Crippen LogP contribution in [0.5, 0.6) is 0 Å². The second-order valence-corrected chi connectivity index (χ2v) is 7.09. The molecule has 0 spiro atoms. The van der Waals surface area contributed by atoms with Crippen LogP contribution in [0.15, 0.2) is 52.9 Å². The highest BCUT2D eigenvalue weighted by atomic mass is 35.5. The molecule has 0 unspecified atom stereocenters. The van der Waals surface area contributed by atoms with Gasteiger partial charge in [0.2, 0.25) is 11.8 Å². The Morgan fingerprint density at radius 2 is 1.54 bits per heavy atom. The third-order valence-electron chi connectivity index (χ3n) is 3.73. The zero-order valence-corrected chi connectivity index (χ0v) is 14.7. The van der Waals surface area contributed by atoms with Crippen molar-refractivity contribution in [1.82, 2.24) is 10.2 Å². The van der Waals surface area contributed by atoms with Crippen LogP contribution in [-0.4, -0.2) is 10.2 Å². The van der Waals surface area contributed by atoms with Gasteiger partial charge in [0, 0.05) is 16.7 Å². The van der Waals surface area contributed by atoms with Crippen LogP contribution in [0.2, 0.25) is 5.02 Å². The summed E-state index contributed by atoms with van der Waals surface area (Å²) in [5, 5.41) is 8.90. The standard InChI is InChI=1S/C20H19ClN2O/c1-20(2,3)16-9-7-15(8-10-16)19-23-22-18(24-19)13-6-14-4-11-17(21)12-5-14/h4-13H,1-3H3/b13-6+. The predicted molar refractivity (Wildman–Crippen MR) is 98.8 cm³/mol. The van der Waals surface area contributed by atoms with Crippen LogP contribution in [0.25, 0.3) is 23.6 Å². The van der Waals surface area contributed by atoms with Crippen LogP contribution >= 0.6 is 11.6 Å². The first-order chi connectivity index (χ1) is 11.4. The van der Waals surface area contributed by atoms with Crippen LogP contribution < -0.4 is 0 Å². The summed E-state index contributed by atoms with van der Waals surface area (Å²) in [4.78, 5) is 0. The first-order valence-electron chi connectivity index (χ1n) is 7.80. The van der Waals surface area contributed by atoms with Crippen molar-refractivity contribution in [2.75, 3.05) is 0 Å². The third-order valence-corrected chi connectivity index (χ3v) is 3.98. The molecule has 0 amide bonds. The van der Waals surface area contributed by atoms with E-state index >= 15 is 0 Å². The van der Waals surface area contributed by atoms with E-state index in [1.54, 1.807) is 6.08 Å². The molecule has 122 valence electrons. The number of halogens is 1. The molecular weight excluding hydrogens is 320 g/mol. The molecule has 0 saturated carbocycles. The minimum Gasteiger partial charge on any atom is -0.417 e. The lowest BCUT2D eigenvalue weighted by atomic mass is 9.87. The molecule has 0 aliphatic rings. The normalized spacial score (nSPS) is 12.0. The minimum atomic E-state index is 0.125. The first-order valence-corrected chi connectivity index (χ1v) is 8.18. The quantitative estimate of drug-likeness (QED) is 0.600. The molecule has 0 aliphatic heterocycles. The molecule has 1 heterocycles. The molecule has 4 heteroatoms. The second kappa shape index (κ2) is 6.62. The zero-order valence-electron chi connectivity index (χ0n) is 14.0. The van der Waals surface area contributed by atoms with Gasteiger partial charge in [-0.2, -0.15) is 0 Å². The number of rotatable bonds is 3. The van der Waals surface area contributed by atoms with Crippen LogP contribution in [0.4, 0.5) is 0 Å². The lowest BCUT2D eigenvalue weighted by Crippen LogP contribution is -2.10. The maximum absolute atomic E-state index is 5.87. The average molecular weight is 339 g/mol. The number of nitrogens with zero attached hydrogens (tertiary/aromatic N) is 2. The van der Waals surface area contributed by atoms with Crippen LogP contribution in [-0.2, 0) is 5.41 Å². The summed E-state index contributed by atoms with van der Waals surface area (Å²) >= 11 is 5.87. The van der Waals surface area contributed by atoms with Crippen molar-refractivity contribution in [1.29, 1.82) is 0 Å². The summed E-state index contributed by atoms with van der Waals surface area (Å²) in [6.07, 6.45) is 3.71. The van der Waals surface area contributed by atoms with Crippen molar-refractivity contribution in [3.8, 4) is 11.5 Å². The molecule has 3 nitrogen and oxygen atoms in total. The molecule has 0 atom stereocenters. The molecule has 0 N–H and O–H groups in total. The fourth-order valence-corrected chi connectivity index (χ4v) is 2.40. The minimum absolute atomic E-state index is 0.125.